The van der Waals surface area contributed by atoms with Crippen LogP contribution in [0.25, 0.3) is 10.9 Å². The fourth-order valence-corrected chi connectivity index (χ4v) is 4.31. The Kier molecular flexibility index (Phi) is 7.86. The number of pyridine rings is 1. The number of nitrogens with zero attached hydrogens (tertiary/aromatic N) is 3. The van der Waals surface area contributed by atoms with Crippen molar-refractivity contribution >= 4 is 69.2 Å². The average molecular weight is 500 g/mol. The molecule has 3 rings (SSSR count). The molecule has 0 aliphatic rings. The van der Waals surface area contributed by atoms with Crippen molar-refractivity contribution in [1.82, 2.24) is 14.5 Å². The van der Waals surface area contributed by atoms with Gasteiger partial charge in [-0.2, -0.15) is 0 Å². The van der Waals surface area contributed by atoms with Gasteiger partial charge in [-0.25, -0.2) is 9.97 Å². The van der Waals surface area contributed by atoms with E-state index >= 15 is 0 Å². The summed E-state index contributed by atoms with van der Waals surface area (Å²) in [6.45, 7) is 6.41. The van der Waals surface area contributed by atoms with Crippen LogP contribution in [0.4, 0.5) is 5.82 Å². The summed E-state index contributed by atoms with van der Waals surface area (Å²) in [6.07, 6.45) is 2.21. The quantitative estimate of drug-likeness (QED) is 0.323. The van der Waals surface area contributed by atoms with Gasteiger partial charge in [0.2, 0.25) is 5.91 Å². The fraction of sp³-hybridized carbons (Fsp3) is 0.333. The molecule has 2 heterocycles. The number of benzene rings is 1. The molecule has 3 aromatic rings. The Morgan fingerprint density at radius 3 is 2.58 bits per heavy atom. The number of fused-ring (bicyclic) bond motifs is 1. The molecule has 2 aromatic heterocycles. The molecule has 1 atom stereocenters. The molecule has 31 heavy (non-hydrogen) atoms. The molecule has 1 N–H and O–H groups in total. The number of thioether (sulfide) groups is 1. The maximum atomic E-state index is 13.1. The minimum absolute atomic E-state index is 0.153. The Morgan fingerprint density at radius 2 is 1.90 bits per heavy atom. The highest BCUT2D eigenvalue weighted by molar-refractivity contribution is 8.00. The van der Waals surface area contributed by atoms with Crippen LogP contribution >= 0.6 is 46.6 Å². The van der Waals surface area contributed by atoms with Gasteiger partial charge in [0.05, 0.1) is 26.2 Å². The molecule has 1 amide bonds. The lowest BCUT2D eigenvalue weighted by Crippen LogP contribution is -2.27. The zero-order valence-corrected chi connectivity index (χ0v) is 20.2. The summed E-state index contributed by atoms with van der Waals surface area (Å²) >= 11 is 19.2. The molecule has 0 saturated heterocycles. The molecule has 0 bridgehead atoms. The minimum atomic E-state index is -0.567. The molecular weight excluding hydrogens is 479 g/mol. The number of rotatable bonds is 7. The third-order valence-electron chi connectivity index (χ3n) is 4.51. The lowest BCUT2D eigenvalue weighted by Gasteiger charge is -2.17. The molecule has 1 unspecified atom stereocenters. The normalized spacial score (nSPS) is 12.4. The first kappa shape index (κ1) is 23.9. The van der Waals surface area contributed by atoms with Crippen molar-refractivity contribution in [2.75, 3.05) is 5.32 Å². The van der Waals surface area contributed by atoms with Crippen LogP contribution in [-0.4, -0.2) is 25.7 Å². The third-order valence-corrected chi connectivity index (χ3v) is 6.33. The Balaban J connectivity index is 1.91. The van der Waals surface area contributed by atoms with Crippen LogP contribution in [0, 0.1) is 5.92 Å². The van der Waals surface area contributed by atoms with E-state index in [1.807, 2.05) is 0 Å². The van der Waals surface area contributed by atoms with Gasteiger partial charge in [0.25, 0.3) is 5.56 Å². The van der Waals surface area contributed by atoms with Crippen molar-refractivity contribution in [3.63, 3.8) is 0 Å². The van der Waals surface area contributed by atoms with Gasteiger partial charge in [-0.15, -0.1) is 0 Å². The van der Waals surface area contributed by atoms with Crippen LogP contribution in [0.15, 0.2) is 40.4 Å². The zero-order chi connectivity index (χ0) is 22.7. The second kappa shape index (κ2) is 10.2. The SMILES string of the molecule is CC(C)CCn1c(SC(C)C(=O)Nc2ncc(Cl)cc2Cl)nc2cc(Cl)ccc2c1=O. The van der Waals surface area contributed by atoms with Crippen molar-refractivity contribution in [1.29, 1.82) is 0 Å². The van der Waals surface area contributed by atoms with Gasteiger partial charge in [0.1, 0.15) is 0 Å². The Labute approximate surface area is 199 Å². The van der Waals surface area contributed by atoms with E-state index in [0.29, 0.717) is 38.6 Å². The topological polar surface area (TPSA) is 76.9 Å². The van der Waals surface area contributed by atoms with Gasteiger partial charge in [-0.05, 0) is 43.5 Å². The highest BCUT2D eigenvalue weighted by Gasteiger charge is 2.21. The van der Waals surface area contributed by atoms with E-state index in [9.17, 15) is 9.59 Å². The van der Waals surface area contributed by atoms with Crippen molar-refractivity contribution in [2.24, 2.45) is 5.92 Å². The summed E-state index contributed by atoms with van der Waals surface area (Å²) in [5.41, 5.74) is 0.343. The molecule has 1 aromatic carbocycles. The van der Waals surface area contributed by atoms with E-state index in [4.69, 9.17) is 34.8 Å². The van der Waals surface area contributed by atoms with Crippen LogP contribution in [0.1, 0.15) is 27.2 Å². The standard InChI is InChI=1S/C21H21Cl3N4O2S/c1-11(2)6-7-28-20(30)15-5-4-13(22)9-17(15)26-21(28)31-12(3)19(29)27-18-16(24)8-14(23)10-25-18/h4-5,8-12H,6-7H2,1-3H3,(H,25,27,29). The first-order valence-corrected chi connectivity index (χ1v) is 11.7. The van der Waals surface area contributed by atoms with Crippen LogP contribution in [-0.2, 0) is 11.3 Å². The second-order valence-corrected chi connectivity index (χ2v) is 10.0. The summed E-state index contributed by atoms with van der Waals surface area (Å²) in [6, 6.07) is 6.50. The molecule has 0 spiro atoms. The number of hydrogen-bond acceptors (Lipinski definition) is 5. The highest BCUT2D eigenvalue weighted by Crippen LogP contribution is 2.27. The summed E-state index contributed by atoms with van der Waals surface area (Å²) < 4.78 is 1.62. The van der Waals surface area contributed by atoms with Gasteiger partial charge < -0.3 is 5.32 Å². The number of halogens is 3. The predicted octanol–water partition coefficient (Wildman–Crippen LogP) is 5.92. The number of hydrogen-bond donors (Lipinski definition) is 1. The molecule has 0 aliphatic carbocycles. The lowest BCUT2D eigenvalue weighted by molar-refractivity contribution is -0.115. The van der Waals surface area contributed by atoms with Gasteiger partial charge in [-0.1, -0.05) is 60.4 Å². The minimum Gasteiger partial charge on any atom is -0.308 e. The largest absolute Gasteiger partial charge is 0.308 e. The first-order chi connectivity index (χ1) is 14.7. The van der Waals surface area contributed by atoms with Crippen LogP contribution in [0.5, 0.6) is 0 Å². The van der Waals surface area contributed by atoms with E-state index < -0.39 is 5.25 Å². The van der Waals surface area contributed by atoms with E-state index in [1.54, 1.807) is 29.7 Å². The summed E-state index contributed by atoms with van der Waals surface area (Å²) in [5, 5.41) is 4.18. The van der Waals surface area contributed by atoms with E-state index in [2.05, 4.69) is 29.1 Å². The van der Waals surface area contributed by atoms with Crippen LogP contribution in [0.3, 0.4) is 0 Å². The lowest BCUT2D eigenvalue weighted by atomic mass is 10.1. The fourth-order valence-electron chi connectivity index (χ4n) is 2.78. The molecule has 10 heteroatoms. The third kappa shape index (κ3) is 5.92. The average Bonchev–Trinajstić information content (AvgIpc) is 2.69. The molecule has 0 fully saturated rings. The number of nitrogens with one attached hydrogen (secondary N) is 1. The van der Waals surface area contributed by atoms with E-state index in [0.717, 1.165) is 6.42 Å². The monoisotopic (exact) mass is 498 g/mol. The van der Waals surface area contributed by atoms with Gasteiger partial charge >= 0.3 is 0 Å². The summed E-state index contributed by atoms with van der Waals surface area (Å²) in [5.74, 6) is 0.307. The van der Waals surface area contributed by atoms with Crippen molar-refractivity contribution in [3.05, 3.63) is 55.9 Å². The molecule has 0 aliphatic heterocycles. The van der Waals surface area contributed by atoms with Crippen molar-refractivity contribution < 1.29 is 4.79 Å². The summed E-state index contributed by atoms with van der Waals surface area (Å²) in [7, 11) is 0. The first-order valence-electron chi connectivity index (χ1n) is 9.64. The van der Waals surface area contributed by atoms with Gasteiger partial charge in [-0.3, -0.25) is 14.2 Å². The summed E-state index contributed by atoms with van der Waals surface area (Å²) in [4.78, 5) is 34.5. The predicted molar refractivity (Wildman–Crippen MR) is 129 cm³/mol. The molecule has 164 valence electrons. The maximum absolute atomic E-state index is 13.1. The van der Waals surface area contributed by atoms with E-state index in [1.165, 1.54) is 24.0 Å². The number of carbonyl (C=O) groups is 1. The number of amides is 1. The Bertz CT molecular complexity index is 1180. The Morgan fingerprint density at radius 1 is 1.16 bits per heavy atom. The smallest absolute Gasteiger partial charge is 0.262 e. The zero-order valence-electron chi connectivity index (χ0n) is 17.2. The Hall–Kier alpha value is -1.80. The highest BCUT2D eigenvalue weighted by atomic mass is 35.5. The number of anilines is 1. The van der Waals surface area contributed by atoms with E-state index in [-0.39, 0.29) is 22.3 Å². The molecule has 0 saturated carbocycles. The second-order valence-electron chi connectivity index (χ2n) is 7.43. The van der Waals surface area contributed by atoms with Gasteiger partial charge in [0.15, 0.2) is 11.0 Å². The van der Waals surface area contributed by atoms with Crippen LogP contribution < -0.4 is 10.9 Å². The maximum Gasteiger partial charge on any atom is 0.262 e. The van der Waals surface area contributed by atoms with Crippen molar-refractivity contribution in [2.45, 2.75) is 44.1 Å². The van der Waals surface area contributed by atoms with Crippen molar-refractivity contribution in [3.8, 4) is 0 Å². The van der Waals surface area contributed by atoms with Gasteiger partial charge in [0, 0.05) is 17.8 Å². The molecule has 0 radical (unpaired) electrons. The number of carbonyl (C=O) groups excluding carboxylic acids is 1. The molecular formula is C21H21Cl3N4O2S. The van der Waals surface area contributed by atoms with Crippen LogP contribution in [0.2, 0.25) is 15.1 Å². The molecule has 6 nitrogen and oxygen atoms in total. The number of aromatic nitrogens is 3.